The van der Waals surface area contributed by atoms with Crippen LogP contribution in [0.25, 0.3) is 0 Å². The van der Waals surface area contributed by atoms with Crippen LogP contribution in [0.4, 0.5) is 0 Å². The van der Waals surface area contributed by atoms with Gasteiger partial charge in [-0.1, -0.05) is 12.1 Å². The Morgan fingerprint density at radius 2 is 2.00 bits per heavy atom. The molecule has 0 radical (unpaired) electrons. The van der Waals surface area contributed by atoms with Gasteiger partial charge in [0.2, 0.25) is 5.91 Å². The largest absolute Gasteiger partial charge is 0.508 e. The van der Waals surface area contributed by atoms with E-state index < -0.39 is 6.10 Å². The summed E-state index contributed by atoms with van der Waals surface area (Å²) in [6.45, 7) is 2.10. The van der Waals surface area contributed by atoms with Gasteiger partial charge in [-0.15, -0.1) is 0 Å². The van der Waals surface area contributed by atoms with Crippen LogP contribution >= 0.6 is 0 Å². The molecule has 16 heavy (non-hydrogen) atoms. The molecule has 1 aromatic carbocycles. The number of phenolic OH excluding ortho intramolecular Hbond substituents is 1. The van der Waals surface area contributed by atoms with Crippen LogP contribution in [0.1, 0.15) is 25.3 Å². The minimum absolute atomic E-state index is 0.0750. The van der Waals surface area contributed by atoms with E-state index in [2.05, 4.69) is 5.32 Å². The molecule has 1 unspecified atom stereocenters. The summed E-state index contributed by atoms with van der Waals surface area (Å²) in [6.07, 6.45) is 0.358. The van der Waals surface area contributed by atoms with Crippen molar-refractivity contribution < 1.29 is 15.0 Å². The van der Waals surface area contributed by atoms with Gasteiger partial charge < -0.3 is 15.5 Å². The lowest BCUT2D eigenvalue weighted by Crippen LogP contribution is -2.23. The number of benzene rings is 1. The highest BCUT2D eigenvalue weighted by atomic mass is 16.3. The van der Waals surface area contributed by atoms with Crippen molar-refractivity contribution in [1.82, 2.24) is 5.32 Å². The molecule has 0 saturated carbocycles. The monoisotopic (exact) mass is 223 g/mol. The van der Waals surface area contributed by atoms with Gasteiger partial charge in [0.25, 0.3) is 0 Å². The zero-order valence-corrected chi connectivity index (χ0v) is 9.31. The van der Waals surface area contributed by atoms with Crippen LogP contribution in [0.5, 0.6) is 5.75 Å². The van der Waals surface area contributed by atoms with E-state index in [0.29, 0.717) is 19.4 Å². The SMILES string of the molecule is CC(O)CCC(=O)NCc1ccc(O)cc1. The highest BCUT2D eigenvalue weighted by Gasteiger charge is 2.03. The van der Waals surface area contributed by atoms with Gasteiger partial charge in [-0.05, 0) is 31.0 Å². The Morgan fingerprint density at radius 1 is 1.38 bits per heavy atom. The molecule has 0 fully saturated rings. The number of aliphatic hydroxyl groups excluding tert-OH is 1. The first kappa shape index (κ1) is 12.5. The lowest BCUT2D eigenvalue weighted by molar-refractivity contribution is -0.121. The van der Waals surface area contributed by atoms with E-state index in [1.54, 1.807) is 31.2 Å². The van der Waals surface area contributed by atoms with E-state index in [4.69, 9.17) is 10.2 Å². The number of amides is 1. The molecule has 88 valence electrons. The Morgan fingerprint density at radius 3 is 2.56 bits per heavy atom. The summed E-state index contributed by atoms with van der Waals surface area (Å²) in [5, 5.41) is 20.8. The van der Waals surface area contributed by atoms with Crippen molar-refractivity contribution in [2.45, 2.75) is 32.4 Å². The third kappa shape index (κ3) is 4.79. The van der Waals surface area contributed by atoms with Gasteiger partial charge in [-0.2, -0.15) is 0 Å². The maximum absolute atomic E-state index is 11.3. The molecule has 0 spiro atoms. The molecule has 4 heteroatoms. The highest BCUT2D eigenvalue weighted by Crippen LogP contribution is 2.09. The molecule has 0 heterocycles. The molecule has 0 saturated heterocycles. The Kier molecular flexibility index (Phi) is 4.79. The Hall–Kier alpha value is -1.55. The minimum atomic E-state index is -0.445. The fourth-order valence-electron chi connectivity index (χ4n) is 1.24. The molecule has 0 aliphatic heterocycles. The lowest BCUT2D eigenvalue weighted by atomic mass is 10.2. The van der Waals surface area contributed by atoms with Crippen LogP contribution in [0.3, 0.4) is 0 Å². The number of carbonyl (C=O) groups is 1. The van der Waals surface area contributed by atoms with Crippen LogP contribution in [0.2, 0.25) is 0 Å². The molecule has 3 N–H and O–H groups in total. The molecule has 4 nitrogen and oxygen atoms in total. The fraction of sp³-hybridized carbons (Fsp3) is 0.417. The van der Waals surface area contributed by atoms with Gasteiger partial charge in [0.15, 0.2) is 0 Å². The predicted octanol–water partition coefficient (Wildman–Crippen LogP) is 1.17. The summed E-state index contributed by atoms with van der Waals surface area (Å²) < 4.78 is 0. The number of rotatable bonds is 5. The summed E-state index contributed by atoms with van der Waals surface area (Å²) >= 11 is 0. The van der Waals surface area contributed by atoms with Crippen LogP contribution in [0.15, 0.2) is 24.3 Å². The summed E-state index contributed by atoms with van der Waals surface area (Å²) in [5.74, 6) is 0.137. The smallest absolute Gasteiger partial charge is 0.220 e. The fourth-order valence-corrected chi connectivity index (χ4v) is 1.24. The molecule has 0 aliphatic carbocycles. The van der Waals surface area contributed by atoms with Crippen molar-refractivity contribution in [3.63, 3.8) is 0 Å². The van der Waals surface area contributed by atoms with Gasteiger partial charge in [-0.3, -0.25) is 4.79 Å². The second-order valence-corrected chi connectivity index (χ2v) is 3.83. The summed E-state index contributed by atoms with van der Waals surface area (Å²) in [4.78, 5) is 11.3. The average Bonchev–Trinajstić information content (AvgIpc) is 2.25. The first-order chi connectivity index (χ1) is 7.58. The van der Waals surface area contributed by atoms with Gasteiger partial charge in [0.1, 0.15) is 5.75 Å². The molecule has 1 amide bonds. The molecule has 1 rings (SSSR count). The second kappa shape index (κ2) is 6.12. The van der Waals surface area contributed by atoms with Gasteiger partial charge in [-0.25, -0.2) is 0 Å². The number of hydrogen-bond acceptors (Lipinski definition) is 3. The minimum Gasteiger partial charge on any atom is -0.508 e. The zero-order valence-electron chi connectivity index (χ0n) is 9.31. The van der Waals surface area contributed by atoms with Crippen LogP contribution in [0, 0.1) is 0 Å². The van der Waals surface area contributed by atoms with Gasteiger partial charge in [0.05, 0.1) is 6.10 Å². The molecule has 0 aromatic heterocycles. The Balaban J connectivity index is 2.29. The quantitative estimate of drug-likeness (QED) is 0.701. The normalized spacial score (nSPS) is 12.1. The molecular formula is C12H17NO3. The number of aromatic hydroxyl groups is 1. The van der Waals surface area contributed by atoms with Crippen molar-refractivity contribution in [2.24, 2.45) is 0 Å². The van der Waals surface area contributed by atoms with Crippen molar-refractivity contribution in [2.75, 3.05) is 0 Å². The predicted molar refractivity (Wildman–Crippen MR) is 60.9 cm³/mol. The van der Waals surface area contributed by atoms with Crippen molar-refractivity contribution >= 4 is 5.91 Å². The number of aliphatic hydroxyl groups is 1. The van der Waals surface area contributed by atoms with E-state index in [9.17, 15) is 4.79 Å². The van der Waals surface area contributed by atoms with E-state index >= 15 is 0 Å². The van der Waals surface area contributed by atoms with Crippen molar-refractivity contribution in [3.8, 4) is 5.75 Å². The molecule has 1 atom stereocenters. The molecular weight excluding hydrogens is 206 g/mol. The summed E-state index contributed by atoms with van der Waals surface area (Å²) in [7, 11) is 0. The van der Waals surface area contributed by atoms with E-state index in [1.165, 1.54) is 0 Å². The Bertz CT molecular complexity index is 333. The Labute approximate surface area is 94.9 Å². The number of hydrogen-bond donors (Lipinski definition) is 3. The van der Waals surface area contributed by atoms with Crippen LogP contribution in [-0.2, 0) is 11.3 Å². The number of phenols is 1. The zero-order chi connectivity index (χ0) is 12.0. The van der Waals surface area contributed by atoms with Gasteiger partial charge >= 0.3 is 0 Å². The van der Waals surface area contributed by atoms with Crippen LogP contribution < -0.4 is 5.32 Å². The summed E-state index contributed by atoms with van der Waals surface area (Å²) in [6, 6.07) is 6.67. The first-order valence-corrected chi connectivity index (χ1v) is 5.30. The highest BCUT2D eigenvalue weighted by molar-refractivity contribution is 5.75. The number of carbonyl (C=O) groups excluding carboxylic acids is 1. The van der Waals surface area contributed by atoms with Crippen LogP contribution in [-0.4, -0.2) is 22.2 Å². The maximum Gasteiger partial charge on any atom is 0.220 e. The van der Waals surface area contributed by atoms with E-state index in [1.807, 2.05) is 0 Å². The summed E-state index contributed by atoms with van der Waals surface area (Å²) in [5.41, 5.74) is 0.934. The molecule has 1 aromatic rings. The third-order valence-electron chi connectivity index (χ3n) is 2.22. The van der Waals surface area contributed by atoms with E-state index in [-0.39, 0.29) is 11.7 Å². The van der Waals surface area contributed by atoms with E-state index in [0.717, 1.165) is 5.56 Å². The molecule has 0 aliphatic rings. The second-order valence-electron chi connectivity index (χ2n) is 3.83. The molecule has 0 bridgehead atoms. The lowest BCUT2D eigenvalue weighted by Gasteiger charge is -2.06. The van der Waals surface area contributed by atoms with Gasteiger partial charge in [0, 0.05) is 13.0 Å². The maximum atomic E-state index is 11.3. The van der Waals surface area contributed by atoms with Crippen molar-refractivity contribution in [1.29, 1.82) is 0 Å². The topological polar surface area (TPSA) is 69.6 Å². The van der Waals surface area contributed by atoms with Crippen molar-refractivity contribution in [3.05, 3.63) is 29.8 Å². The standard InChI is InChI=1S/C12H17NO3/c1-9(14)2-7-12(16)13-8-10-3-5-11(15)6-4-10/h3-6,9,14-15H,2,7-8H2,1H3,(H,13,16). The average molecular weight is 223 g/mol. The first-order valence-electron chi connectivity index (χ1n) is 5.30. The third-order valence-corrected chi connectivity index (χ3v) is 2.22. The number of nitrogens with one attached hydrogen (secondary N) is 1.